The fourth-order valence-electron chi connectivity index (χ4n) is 1.33. The molecule has 20 heavy (non-hydrogen) atoms. The zero-order valence-electron chi connectivity index (χ0n) is 10.6. The normalized spacial score (nSPS) is 13.1. The minimum Gasteiger partial charge on any atom is -0.480 e. The summed E-state index contributed by atoms with van der Waals surface area (Å²) in [6.45, 7) is 3.17. The molecule has 1 aromatic rings. The van der Waals surface area contributed by atoms with Crippen molar-refractivity contribution in [2.24, 2.45) is 5.92 Å². The lowest BCUT2D eigenvalue weighted by Gasteiger charge is -2.17. The Labute approximate surface area is 112 Å². The molecule has 1 heterocycles. The number of nitrogens with zero attached hydrogens (tertiary/aromatic N) is 2. The van der Waals surface area contributed by atoms with E-state index < -0.39 is 29.9 Å². The Balaban J connectivity index is 2.85. The first-order valence-electron chi connectivity index (χ1n) is 5.56. The smallest absolute Gasteiger partial charge is 0.451 e. The molecule has 0 aliphatic rings. The van der Waals surface area contributed by atoms with E-state index in [-0.39, 0.29) is 11.5 Å². The zero-order valence-corrected chi connectivity index (χ0v) is 10.6. The number of rotatable bonds is 4. The second-order valence-electron chi connectivity index (χ2n) is 4.33. The summed E-state index contributed by atoms with van der Waals surface area (Å²) in [4.78, 5) is 28.6. The molecule has 2 N–H and O–H groups in total. The van der Waals surface area contributed by atoms with Crippen molar-refractivity contribution in [3.05, 3.63) is 23.8 Å². The lowest BCUT2D eigenvalue weighted by atomic mass is 10.0. The van der Waals surface area contributed by atoms with Crippen LogP contribution >= 0.6 is 0 Å². The molecule has 1 aromatic heterocycles. The first kappa shape index (κ1) is 15.9. The van der Waals surface area contributed by atoms with Crippen molar-refractivity contribution in [3.63, 3.8) is 0 Å². The molecule has 1 unspecified atom stereocenters. The Morgan fingerprint density at radius 1 is 1.25 bits per heavy atom. The molecular formula is C11H12F3N3O3. The molecule has 0 fully saturated rings. The molecule has 0 spiro atoms. The molecule has 0 aromatic carbocycles. The summed E-state index contributed by atoms with van der Waals surface area (Å²) in [6.07, 6.45) is -3.30. The van der Waals surface area contributed by atoms with E-state index in [4.69, 9.17) is 5.11 Å². The quantitative estimate of drug-likeness (QED) is 0.873. The third-order valence-corrected chi connectivity index (χ3v) is 2.39. The predicted molar refractivity (Wildman–Crippen MR) is 60.8 cm³/mol. The van der Waals surface area contributed by atoms with Crippen LogP contribution in [0.25, 0.3) is 0 Å². The Hall–Kier alpha value is -2.19. The van der Waals surface area contributed by atoms with Gasteiger partial charge in [-0.2, -0.15) is 13.2 Å². The Bertz CT molecular complexity index is 500. The Morgan fingerprint density at radius 2 is 1.75 bits per heavy atom. The maximum absolute atomic E-state index is 12.2. The average Bonchev–Trinajstić information content (AvgIpc) is 2.34. The summed E-state index contributed by atoms with van der Waals surface area (Å²) in [5.41, 5.74) is -0.245. The number of halogens is 3. The topological polar surface area (TPSA) is 92.2 Å². The predicted octanol–water partition coefficient (Wildman–Crippen LogP) is 1.33. The van der Waals surface area contributed by atoms with Gasteiger partial charge in [-0.15, -0.1) is 0 Å². The van der Waals surface area contributed by atoms with Gasteiger partial charge in [-0.1, -0.05) is 13.8 Å². The Morgan fingerprint density at radius 3 is 2.10 bits per heavy atom. The maximum atomic E-state index is 12.2. The van der Waals surface area contributed by atoms with Gasteiger partial charge in [0.15, 0.2) is 0 Å². The van der Waals surface area contributed by atoms with Crippen molar-refractivity contribution in [2.75, 3.05) is 0 Å². The highest BCUT2D eigenvalue weighted by atomic mass is 19.4. The van der Waals surface area contributed by atoms with Crippen molar-refractivity contribution < 1.29 is 27.9 Å². The van der Waals surface area contributed by atoms with Gasteiger partial charge in [0.1, 0.15) is 6.04 Å². The number of amides is 1. The zero-order chi connectivity index (χ0) is 15.5. The molecule has 0 bridgehead atoms. The van der Waals surface area contributed by atoms with E-state index in [9.17, 15) is 22.8 Å². The second kappa shape index (κ2) is 5.85. The second-order valence-corrected chi connectivity index (χ2v) is 4.33. The highest BCUT2D eigenvalue weighted by Crippen LogP contribution is 2.25. The van der Waals surface area contributed by atoms with Crippen LogP contribution in [0.5, 0.6) is 0 Å². The summed E-state index contributed by atoms with van der Waals surface area (Å²) < 4.78 is 36.7. The van der Waals surface area contributed by atoms with E-state index >= 15 is 0 Å². The van der Waals surface area contributed by atoms with Crippen LogP contribution in [0, 0.1) is 5.92 Å². The number of aromatic nitrogens is 2. The van der Waals surface area contributed by atoms with Gasteiger partial charge < -0.3 is 10.4 Å². The van der Waals surface area contributed by atoms with Crippen LogP contribution in [-0.4, -0.2) is 33.0 Å². The van der Waals surface area contributed by atoms with E-state index in [0.717, 1.165) is 0 Å². The largest absolute Gasteiger partial charge is 0.480 e. The van der Waals surface area contributed by atoms with Crippen LogP contribution < -0.4 is 5.32 Å². The van der Waals surface area contributed by atoms with Gasteiger partial charge in [-0.3, -0.25) is 4.79 Å². The minimum absolute atomic E-state index is 0.245. The van der Waals surface area contributed by atoms with Crippen LogP contribution in [0.1, 0.15) is 30.0 Å². The molecular weight excluding hydrogens is 279 g/mol. The molecule has 1 rings (SSSR count). The van der Waals surface area contributed by atoms with Gasteiger partial charge in [0.2, 0.25) is 5.82 Å². The van der Waals surface area contributed by atoms with Gasteiger partial charge in [0.05, 0.1) is 5.56 Å². The van der Waals surface area contributed by atoms with Crippen LogP contribution in [-0.2, 0) is 11.0 Å². The van der Waals surface area contributed by atoms with Crippen molar-refractivity contribution in [2.45, 2.75) is 26.1 Å². The van der Waals surface area contributed by atoms with Crippen LogP contribution in [0.2, 0.25) is 0 Å². The standard InChI is InChI=1S/C11H12F3N3O3/c1-5(2)7(9(19)20)17-8(18)6-3-15-10(16-4-6)11(12,13)14/h3-5,7H,1-2H3,(H,17,18)(H,19,20). The maximum Gasteiger partial charge on any atom is 0.451 e. The third-order valence-electron chi connectivity index (χ3n) is 2.39. The molecule has 1 amide bonds. The molecule has 0 saturated heterocycles. The molecule has 0 saturated carbocycles. The summed E-state index contributed by atoms with van der Waals surface area (Å²) >= 11 is 0. The molecule has 1 atom stereocenters. The number of carboxylic acids is 1. The van der Waals surface area contributed by atoms with Gasteiger partial charge >= 0.3 is 12.1 Å². The van der Waals surface area contributed by atoms with E-state index in [1.807, 2.05) is 0 Å². The van der Waals surface area contributed by atoms with Crippen LogP contribution in [0.15, 0.2) is 12.4 Å². The van der Waals surface area contributed by atoms with Gasteiger partial charge in [0.25, 0.3) is 5.91 Å². The van der Waals surface area contributed by atoms with Gasteiger partial charge in [-0.25, -0.2) is 14.8 Å². The van der Waals surface area contributed by atoms with Crippen LogP contribution in [0.4, 0.5) is 13.2 Å². The molecule has 0 aliphatic carbocycles. The average molecular weight is 291 g/mol. The Kier molecular flexibility index (Phi) is 4.64. The fraction of sp³-hybridized carbons (Fsp3) is 0.455. The summed E-state index contributed by atoms with van der Waals surface area (Å²) in [5, 5.41) is 11.1. The van der Waals surface area contributed by atoms with E-state index in [1.165, 1.54) is 0 Å². The number of carboxylic acid groups (broad SMARTS) is 1. The van der Waals surface area contributed by atoms with Crippen molar-refractivity contribution >= 4 is 11.9 Å². The number of hydrogen-bond acceptors (Lipinski definition) is 4. The highest BCUT2D eigenvalue weighted by Gasteiger charge is 2.34. The monoisotopic (exact) mass is 291 g/mol. The first-order valence-corrected chi connectivity index (χ1v) is 5.56. The van der Waals surface area contributed by atoms with E-state index in [0.29, 0.717) is 12.4 Å². The number of hydrogen-bond donors (Lipinski definition) is 2. The number of aliphatic carboxylic acids is 1. The number of carbonyl (C=O) groups excluding carboxylic acids is 1. The lowest BCUT2D eigenvalue weighted by Crippen LogP contribution is -2.44. The number of carbonyl (C=O) groups is 2. The third kappa shape index (κ3) is 3.90. The molecule has 110 valence electrons. The van der Waals surface area contributed by atoms with Crippen LogP contribution in [0.3, 0.4) is 0 Å². The van der Waals surface area contributed by atoms with Crippen molar-refractivity contribution in [3.8, 4) is 0 Å². The van der Waals surface area contributed by atoms with E-state index in [1.54, 1.807) is 13.8 Å². The lowest BCUT2D eigenvalue weighted by molar-refractivity contribution is -0.145. The molecule has 0 radical (unpaired) electrons. The highest BCUT2D eigenvalue weighted by molar-refractivity contribution is 5.96. The van der Waals surface area contributed by atoms with Gasteiger partial charge in [-0.05, 0) is 5.92 Å². The van der Waals surface area contributed by atoms with Crippen molar-refractivity contribution in [1.29, 1.82) is 0 Å². The van der Waals surface area contributed by atoms with Crippen molar-refractivity contribution in [1.82, 2.24) is 15.3 Å². The molecule has 9 heteroatoms. The minimum atomic E-state index is -4.70. The molecule has 0 aliphatic heterocycles. The van der Waals surface area contributed by atoms with E-state index in [2.05, 4.69) is 15.3 Å². The molecule has 6 nitrogen and oxygen atoms in total. The SMILES string of the molecule is CC(C)C(NC(=O)c1cnc(C(F)(F)F)nc1)C(=O)O. The summed E-state index contributed by atoms with van der Waals surface area (Å²) in [5.74, 6) is -3.83. The number of nitrogens with one attached hydrogen (secondary N) is 1. The number of alkyl halides is 3. The fourth-order valence-corrected chi connectivity index (χ4v) is 1.33. The first-order chi connectivity index (χ1) is 9.12. The summed E-state index contributed by atoms with van der Waals surface area (Å²) in [7, 11) is 0. The van der Waals surface area contributed by atoms with Gasteiger partial charge in [0, 0.05) is 12.4 Å². The summed E-state index contributed by atoms with van der Waals surface area (Å²) in [6, 6.07) is -1.15.